The van der Waals surface area contributed by atoms with Crippen LogP contribution in [-0.2, 0) is 38.4 Å². The van der Waals surface area contributed by atoms with Crippen LogP contribution in [0.25, 0.3) is 10.9 Å². The van der Waals surface area contributed by atoms with Crippen molar-refractivity contribution in [2.24, 2.45) is 11.7 Å². The van der Waals surface area contributed by atoms with E-state index in [-0.39, 0.29) is 43.4 Å². The van der Waals surface area contributed by atoms with Crippen LogP contribution in [0.15, 0.2) is 85.1 Å². The number of aromatic nitrogens is 1. The molecule has 272 valence electrons. The lowest BCUT2D eigenvalue weighted by molar-refractivity contribution is -0.134. The van der Waals surface area contributed by atoms with Gasteiger partial charge in [-0.3, -0.25) is 19.2 Å². The Labute approximate surface area is 298 Å². The highest BCUT2D eigenvalue weighted by Gasteiger charge is 2.31. The second kappa shape index (κ2) is 18.7. The molecule has 51 heavy (non-hydrogen) atoms. The topological polar surface area (TPSA) is 199 Å². The van der Waals surface area contributed by atoms with Gasteiger partial charge in [0.25, 0.3) is 0 Å². The van der Waals surface area contributed by atoms with Crippen LogP contribution < -0.4 is 27.0 Å². The van der Waals surface area contributed by atoms with E-state index in [0.29, 0.717) is 12.8 Å². The first-order valence-corrected chi connectivity index (χ1v) is 17.4. The number of phenolic OH excluding ortho intramolecular Hbond substituents is 1. The number of nitrogens with two attached hydrogens (primary N) is 1. The molecular formula is C39H50N6O6. The highest BCUT2D eigenvalue weighted by molar-refractivity contribution is 5.95. The number of para-hydroxylation sites is 1. The SMILES string of the molecule is CC(C)C[C@H](NC(=O)[C@@H](Cc1c[nH]c2ccccc12)NC(=O)[C@H](Cc1ccccc1)NC(=O)[C@H](N)Cc1ccc(O)cc1)C(=O)NCCC(C)O. The summed E-state index contributed by atoms with van der Waals surface area (Å²) in [6, 6.07) is 19.1. The number of fused-ring (bicyclic) bond motifs is 1. The molecule has 12 nitrogen and oxygen atoms in total. The average Bonchev–Trinajstić information content (AvgIpc) is 3.50. The van der Waals surface area contributed by atoms with Gasteiger partial charge in [0.1, 0.15) is 23.9 Å². The lowest BCUT2D eigenvalue weighted by Crippen LogP contribution is -2.59. The van der Waals surface area contributed by atoms with Crippen molar-refractivity contribution in [2.75, 3.05) is 6.54 Å². The van der Waals surface area contributed by atoms with Crippen LogP contribution >= 0.6 is 0 Å². The van der Waals surface area contributed by atoms with Crippen LogP contribution in [0, 0.1) is 5.92 Å². The Morgan fingerprint density at radius 3 is 1.96 bits per heavy atom. The molecule has 0 bridgehead atoms. The van der Waals surface area contributed by atoms with Crippen LogP contribution in [0.1, 0.15) is 50.3 Å². The minimum Gasteiger partial charge on any atom is -0.508 e. The van der Waals surface area contributed by atoms with Crippen molar-refractivity contribution < 1.29 is 29.4 Å². The van der Waals surface area contributed by atoms with Gasteiger partial charge in [0.2, 0.25) is 23.6 Å². The lowest BCUT2D eigenvalue weighted by Gasteiger charge is -2.26. The van der Waals surface area contributed by atoms with Crippen molar-refractivity contribution in [1.29, 1.82) is 0 Å². The van der Waals surface area contributed by atoms with Crippen LogP contribution in [0.2, 0.25) is 0 Å². The molecule has 0 aliphatic heterocycles. The van der Waals surface area contributed by atoms with E-state index in [1.165, 1.54) is 12.1 Å². The number of phenols is 1. The van der Waals surface area contributed by atoms with Gasteiger partial charge in [0.05, 0.1) is 12.1 Å². The predicted molar refractivity (Wildman–Crippen MR) is 196 cm³/mol. The van der Waals surface area contributed by atoms with Crippen molar-refractivity contribution in [3.8, 4) is 5.75 Å². The number of aromatic amines is 1. The Morgan fingerprint density at radius 2 is 1.29 bits per heavy atom. The number of benzene rings is 3. The first-order chi connectivity index (χ1) is 24.4. The zero-order valence-electron chi connectivity index (χ0n) is 29.4. The summed E-state index contributed by atoms with van der Waals surface area (Å²) < 4.78 is 0. The van der Waals surface area contributed by atoms with Gasteiger partial charge in [0, 0.05) is 36.5 Å². The molecule has 9 N–H and O–H groups in total. The standard InChI is InChI=1S/C39H50N6O6/c1-24(2)19-33(37(49)41-18-17-25(3)46)44-39(51)35(22-28-23-42-32-12-8-7-11-30(28)32)45-38(50)34(21-26-9-5-4-6-10-26)43-36(48)31(40)20-27-13-15-29(47)16-14-27/h4-16,23-25,31,33-35,42,46-47H,17-22,40H2,1-3H3,(H,41,49)(H,43,48)(H,44,51)(H,45,50)/t25?,31-,33+,34+,35-/m1/s1. The molecule has 0 saturated carbocycles. The van der Waals surface area contributed by atoms with Gasteiger partial charge in [-0.25, -0.2) is 0 Å². The maximum atomic E-state index is 14.1. The fourth-order valence-corrected chi connectivity index (χ4v) is 5.82. The molecule has 1 unspecified atom stereocenters. The molecule has 0 fully saturated rings. The summed E-state index contributed by atoms with van der Waals surface area (Å²) in [6.45, 7) is 5.76. The molecule has 0 saturated heterocycles. The molecule has 4 rings (SSSR count). The summed E-state index contributed by atoms with van der Waals surface area (Å²) in [5.74, 6) is -1.93. The Bertz CT molecular complexity index is 1740. The van der Waals surface area contributed by atoms with Gasteiger partial charge in [-0.2, -0.15) is 0 Å². The fraction of sp³-hybridized carbons (Fsp3) is 0.385. The third-order valence-electron chi connectivity index (χ3n) is 8.58. The van der Waals surface area contributed by atoms with Gasteiger partial charge in [-0.15, -0.1) is 0 Å². The van der Waals surface area contributed by atoms with Crippen molar-refractivity contribution >= 4 is 34.5 Å². The molecule has 0 aliphatic carbocycles. The number of hydrogen-bond acceptors (Lipinski definition) is 7. The molecule has 1 heterocycles. The van der Waals surface area contributed by atoms with Crippen LogP contribution in [0.5, 0.6) is 5.75 Å². The van der Waals surface area contributed by atoms with E-state index in [1.54, 1.807) is 25.3 Å². The summed E-state index contributed by atoms with van der Waals surface area (Å²) >= 11 is 0. The minimum atomic E-state index is -1.11. The van der Waals surface area contributed by atoms with E-state index in [0.717, 1.165) is 27.6 Å². The highest BCUT2D eigenvalue weighted by Crippen LogP contribution is 2.20. The first kappa shape index (κ1) is 38.6. The summed E-state index contributed by atoms with van der Waals surface area (Å²) in [5, 5.41) is 31.5. The average molecular weight is 699 g/mol. The zero-order valence-corrected chi connectivity index (χ0v) is 29.4. The van der Waals surface area contributed by atoms with E-state index in [4.69, 9.17) is 5.73 Å². The van der Waals surface area contributed by atoms with Gasteiger partial charge in [-0.1, -0.05) is 74.5 Å². The second-order valence-corrected chi connectivity index (χ2v) is 13.5. The van der Waals surface area contributed by atoms with Crippen molar-refractivity contribution in [1.82, 2.24) is 26.3 Å². The van der Waals surface area contributed by atoms with Gasteiger partial charge in [0.15, 0.2) is 0 Å². The summed E-state index contributed by atoms with van der Waals surface area (Å²) in [5.41, 5.74) is 9.44. The molecule has 3 aromatic carbocycles. The third kappa shape index (κ3) is 12.0. The van der Waals surface area contributed by atoms with Crippen molar-refractivity contribution in [3.05, 3.63) is 102 Å². The molecule has 5 atom stereocenters. The fourth-order valence-electron chi connectivity index (χ4n) is 5.82. The number of amides is 4. The number of H-pyrrole nitrogens is 1. The Kier molecular flexibility index (Phi) is 14.2. The zero-order chi connectivity index (χ0) is 36.9. The maximum absolute atomic E-state index is 14.1. The van der Waals surface area contributed by atoms with Crippen molar-refractivity contribution in [3.63, 3.8) is 0 Å². The van der Waals surface area contributed by atoms with Gasteiger partial charge < -0.3 is 42.2 Å². The van der Waals surface area contributed by atoms with E-state index in [1.807, 2.05) is 68.4 Å². The predicted octanol–water partition coefficient (Wildman–Crippen LogP) is 2.62. The number of aliphatic hydroxyl groups is 1. The number of carbonyl (C=O) groups is 4. The number of nitrogens with one attached hydrogen (secondary N) is 5. The number of rotatable bonds is 18. The monoisotopic (exact) mass is 698 g/mol. The van der Waals surface area contributed by atoms with E-state index >= 15 is 0 Å². The number of aromatic hydroxyl groups is 1. The molecule has 0 radical (unpaired) electrons. The normalized spacial score (nSPS) is 14.2. The third-order valence-corrected chi connectivity index (χ3v) is 8.58. The Hall–Kier alpha value is -5.20. The van der Waals surface area contributed by atoms with Crippen LogP contribution in [0.4, 0.5) is 0 Å². The number of carbonyl (C=O) groups excluding carboxylic acids is 4. The molecule has 0 spiro atoms. The Morgan fingerprint density at radius 1 is 0.706 bits per heavy atom. The van der Waals surface area contributed by atoms with Gasteiger partial charge in [-0.05, 0) is 67.0 Å². The lowest BCUT2D eigenvalue weighted by atomic mass is 9.99. The number of hydrogen-bond donors (Lipinski definition) is 8. The smallest absolute Gasteiger partial charge is 0.243 e. The molecule has 12 heteroatoms. The maximum Gasteiger partial charge on any atom is 0.243 e. The Balaban J connectivity index is 1.58. The van der Waals surface area contributed by atoms with Crippen LogP contribution in [-0.4, -0.2) is 75.6 Å². The van der Waals surface area contributed by atoms with Crippen LogP contribution in [0.3, 0.4) is 0 Å². The summed E-state index contributed by atoms with van der Waals surface area (Å²) in [6.07, 6.45) is 2.32. The molecule has 0 aliphatic rings. The van der Waals surface area contributed by atoms with E-state index < -0.39 is 48.0 Å². The summed E-state index contributed by atoms with van der Waals surface area (Å²) in [7, 11) is 0. The quantitative estimate of drug-likeness (QED) is 0.0781. The molecule has 4 amide bonds. The summed E-state index contributed by atoms with van der Waals surface area (Å²) in [4.78, 5) is 58.0. The number of aliphatic hydroxyl groups excluding tert-OH is 1. The van der Waals surface area contributed by atoms with E-state index in [9.17, 15) is 29.4 Å². The van der Waals surface area contributed by atoms with E-state index in [2.05, 4.69) is 26.3 Å². The second-order valence-electron chi connectivity index (χ2n) is 13.5. The minimum absolute atomic E-state index is 0.0655. The molecule has 4 aromatic rings. The first-order valence-electron chi connectivity index (χ1n) is 17.4. The largest absolute Gasteiger partial charge is 0.508 e. The van der Waals surface area contributed by atoms with Crippen molar-refractivity contribution in [2.45, 2.75) is 83.1 Å². The highest BCUT2D eigenvalue weighted by atomic mass is 16.3. The molecule has 1 aromatic heterocycles. The van der Waals surface area contributed by atoms with Gasteiger partial charge >= 0.3 is 0 Å². The molecular weight excluding hydrogens is 648 g/mol.